The first-order valence-electron chi connectivity index (χ1n) is 4.23. The third-order valence-corrected chi connectivity index (χ3v) is 3.40. The Morgan fingerprint density at radius 3 is 3.21 bits per heavy atom. The molecule has 5 heteroatoms. The fourth-order valence-corrected chi connectivity index (χ4v) is 2.52. The molecule has 14 heavy (non-hydrogen) atoms. The average molecular weight is 228 g/mol. The van der Waals surface area contributed by atoms with E-state index in [4.69, 9.17) is 0 Å². The third-order valence-electron chi connectivity index (χ3n) is 1.67. The van der Waals surface area contributed by atoms with E-state index in [1.165, 1.54) is 24.1 Å². The maximum Gasteiger partial charge on any atom is 0.172 e. The molecule has 0 aliphatic carbocycles. The van der Waals surface area contributed by atoms with Crippen LogP contribution in [0.5, 0.6) is 0 Å². The number of benzene rings is 1. The van der Waals surface area contributed by atoms with Gasteiger partial charge in [0.05, 0.1) is 10.6 Å². The number of rotatable bonds is 1. The van der Waals surface area contributed by atoms with Crippen molar-refractivity contribution in [2.75, 3.05) is 5.75 Å². The van der Waals surface area contributed by atoms with E-state index in [1.54, 1.807) is 17.8 Å². The fourth-order valence-electron chi connectivity index (χ4n) is 1.09. The minimum atomic E-state index is -0.222. The van der Waals surface area contributed by atoms with Crippen molar-refractivity contribution in [2.24, 2.45) is 4.99 Å². The molecular formula is C9H9FN2S2. The van der Waals surface area contributed by atoms with Gasteiger partial charge in [0.15, 0.2) is 5.17 Å². The second-order valence-electron chi connectivity index (χ2n) is 2.67. The van der Waals surface area contributed by atoms with Crippen LogP contribution in [0.3, 0.4) is 0 Å². The van der Waals surface area contributed by atoms with Gasteiger partial charge in [-0.1, -0.05) is 18.7 Å². The summed E-state index contributed by atoms with van der Waals surface area (Å²) in [4.78, 5) is 5.20. The summed E-state index contributed by atoms with van der Waals surface area (Å²) in [6, 6.07) is 4.63. The van der Waals surface area contributed by atoms with Crippen LogP contribution in [0.4, 0.5) is 10.1 Å². The van der Waals surface area contributed by atoms with Crippen LogP contribution in [-0.4, -0.2) is 10.9 Å². The maximum atomic E-state index is 12.8. The van der Waals surface area contributed by atoms with Crippen LogP contribution in [0.15, 0.2) is 28.1 Å². The zero-order chi connectivity index (χ0) is 9.97. The Kier molecular flexibility index (Phi) is 2.98. The van der Waals surface area contributed by atoms with Crippen LogP contribution < -0.4 is 4.72 Å². The van der Waals surface area contributed by atoms with Gasteiger partial charge in [-0.25, -0.2) is 9.38 Å². The topological polar surface area (TPSA) is 24.4 Å². The number of nitrogens with one attached hydrogen (secondary N) is 1. The molecule has 0 saturated carbocycles. The molecule has 0 atom stereocenters. The number of nitrogens with zero attached hydrogens (tertiary/aromatic N) is 1. The minimum Gasteiger partial charge on any atom is -0.305 e. The molecule has 1 aromatic carbocycles. The van der Waals surface area contributed by atoms with Gasteiger partial charge in [-0.15, -0.1) is 0 Å². The lowest BCUT2D eigenvalue weighted by Crippen LogP contribution is -2.14. The summed E-state index contributed by atoms with van der Waals surface area (Å²) in [5.41, 5.74) is 0.839. The molecule has 1 heterocycles. The predicted molar refractivity (Wildman–Crippen MR) is 60.6 cm³/mol. The smallest absolute Gasteiger partial charge is 0.172 e. The van der Waals surface area contributed by atoms with E-state index in [0.717, 1.165) is 21.5 Å². The monoisotopic (exact) mass is 228 g/mol. The number of halogens is 1. The van der Waals surface area contributed by atoms with Gasteiger partial charge in [-0.05, 0) is 35.9 Å². The number of fused-ring (bicyclic) bond motifs is 1. The lowest BCUT2D eigenvalue weighted by atomic mass is 10.3. The minimum absolute atomic E-state index is 0.222. The van der Waals surface area contributed by atoms with Crippen molar-refractivity contribution >= 4 is 34.6 Å². The van der Waals surface area contributed by atoms with Crippen molar-refractivity contribution in [1.29, 1.82) is 0 Å². The van der Waals surface area contributed by atoms with Crippen LogP contribution in [-0.2, 0) is 0 Å². The van der Waals surface area contributed by atoms with Gasteiger partial charge < -0.3 is 4.72 Å². The van der Waals surface area contributed by atoms with Crippen molar-refractivity contribution in [3.8, 4) is 0 Å². The van der Waals surface area contributed by atoms with Crippen molar-refractivity contribution in [3.05, 3.63) is 24.0 Å². The molecule has 0 fully saturated rings. The van der Waals surface area contributed by atoms with Gasteiger partial charge in [0.2, 0.25) is 0 Å². The second kappa shape index (κ2) is 4.23. The highest BCUT2D eigenvalue weighted by Crippen LogP contribution is 2.33. The van der Waals surface area contributed by atoms with E-state index in [-0.39, 0.29) is 5.82 Å². The first kappa shape index (κ1) is 9.86. The molecule has 1 N–H and O–H groups in total. The molecule has 1 aliphatic heterocycles. The first-order chi connectivity index (χ1) is 6.79. The standard InChI is InChI=1S/C9H9FN2S2/c1-2-13-9-11-7-4-3-6(10)5-8(7)14-12-9/h3-5H,2H2,1H3,(H,11,12). The molecule has 0 unspecified atom stereocenters. The van der Waals surface area contributed by atoms with Crippen molar-refractivity contribution < 1.29 is 4.39 Å². The summed E-state index contributed by atoms with van der Waals surface area (Å²) in [6.45, 7) is 2.07. The van der Waals surface area contributed by atoms with Crippen LogP contribution in [0.1, 0.15) is 6.92 Å². The molecule has 2 rings (SSSR count). The normalized spacial score (nSPS) is 14.3. The van der Waals surface area contributed by atoms with Gasteiger partial charge >= 0.3 is 0 Å². The Morgan fingerprint density at radius 1 is 1.57 bits per heavy atom. The number of hydrogen-bond acceptors (Lipinski definition) is 4. The van der Waals surface area contributed by atoms with Crippen molar-refractivity contribution in [2.45, 2.75) is 11.8 Å². The van der Waals surface area contributed by atoms with E-state index >= 15 is 0 Å². The predicted octanol–water partition coefficient (Wildman–Crippen LogP) is 3.18. The zero-order valence-electron chi connectivity index (χ0n) is 7.58. The molecule has 0 bridgehead atoms. The van der Waals surface area contributed by atoms with Crippen LogP contribution in [0.25, 0.3) is 0 Å². The lowest BCUT2D eigenvalue weighted by molar-refractivity contribution is 0.624. The molecule has 0 saturated heterocycles. The van der Waals surface area contributed by atoms with E-state index < -0.39 is 0 Å². The van der Waals surface area contributed by atoms with Gasteiger partial charge in [0, 0.05) is 0 Å². The van der Waals surface area contributed by atoms with Gasteiger partial charge in [0.25, 0.3) is 0 Å². The summed E-state index contributed by atoms with van der Waals surface area (Å²) in [6.07, 6.45) is 0. The highest BCUT2D eigenvalue weighted by molar-refractivity contribution is 8.15. The average Bonchev–Trinajstić information content (AvgIpc) is 2.19. The Hall–Kier alpha value is -0.680. The summed E-state index contributed by atoms with van der Waals surface area (Å²) >= 11 is 3.05. The highest BCUT2D eigenvalue weighted by Gasteiger charge is 2.12. The Morgan fingerprint density at radius 2 is 2.43 bits per heavy atom. The number of hydrogen-bond donors (Lipinski definition) is 1. The van der Waals surface area contributed by atoms with Crippen molar-refractivity contribution in [1.82, 2.24) is 4.72 Å². The summed E-state index contributed by atoms with van der Waals surface area (Å²) in [7, 11) is 0. The van der Waals surface area contributed by atoms with Gasteiger partial charge in [0.1, 0.15) is 5.82 Å². The van der Waals surface area contributed by atoms with Crippen LogP contribution in [0, 0.1) is 5.82 Å². The quantitative estimate of drug-likeness (QED) is 0.747. The maximum absolute atomic E-state index is 12.8. The third kappa shape index (κ3) is 2.04. The molecule has 1 aliphatic rings. The molecule has 0 aromatic heterocycles. The van der Waals surface area contributed by atoms with Gasteiger partial charge in [-0.2, -0.15) is 0 Å². The van der Waals surface area contributed by atoms with Gasteiger partial charge in [-0.3, -0.25) is 0 Å². The highest BCUT2D eigenvalue weighted by atomic mass is 32.2. The number of aliphatic imine (C=N–C) groups is 1. The van der Waals surface area contributed by atoms with E-state index in [0.29, 0.717) is 0 Å². The number of amidine groups is 1. The van der Waals surface area contributed by atoms with E-state index in [1.807, 2.05) is 0 Å². The molecule has 0 amide bonds. The SMILES string of the molecule is CCSC1=Nc2ccc(F)cc2SN1. The molecule has 74 valence electrons. The van der Waals surface area contributed by atoms with E-state index in [2.05, 4.69) is 16.6 Å². The first-order valence-corrected chi connectivity index (χ1v) is 6.03. The summed E-state index contributed by atoms with van der Waals surface area (Å²) in [5, 5.41) is 0.886. The molecule has 1 aromatic rings. The number of thioether (sulfide) groups is 1. The van der Waals surface area contributed by atoms with E-state index in [9.17, 15) is 4.39 Å². The molecule has 2 nitrogen and oxygen atoms in total. The molecule has 0 spiro atoms. The second-order valence-corrected chi connectivity index (χ2v) is 4.77. The Balaban J connectivity index is 2.30. The summed E-state index contributed by atoms with van der Waals surface area (Å²) < 4.78 is 15.9. The lowest BCUT2D eigenvalue weighted by Gasteiger charge is -2.15. The van der Waals surface area contributed by atoms with Crippen LogP contribution in [0.2, 0.25) is 0 Å². The Bertz CT molecular complexity index is 379. The largest absolute Gasteiger partial charge is 0.305 e. The fraction of sp³-hybridized carbons (Fsp3) is 0.222. The van der Waals surface area contributed by atoms with Crippen LogP contribution >= 0.6 is 23.7 Å². The molecular weight excluding hydrogens is 219 g/mol. The zero-order valence-corrected chi connectivity index (χ0v) is 9.21. The van der Waals surface area contributed by atoms with Crippen molar-refractivity contribution in [3.63, 3.8) is 0 Å². The molecule has 0 radical (unpaired) electrons. The Labute approximate surface area is 90.5 Å². The summed E-state index contributed by atoms with van der Waals surface area (Å²) in [5.74, 6) is 0.753.